The summed E-state index contributed by atoms with van der Waals surface area (Å²) in [6, 6.07) is 8.98. The topological polar surface area (TPSA) is 98.7 Å². The molecule has 5 atom stereocenters. The van der Waals surface area contributed by atoms with Crippen LogP contribution in [0.4, 0.5) is 0 Å². The van der Waals surface area contributed by atoms with Gasteiger partial charge in [-0.1, -0.05) is 49.4 Å². The van der Waals surface area contributed by atoms with Crippen molar-refractivity contribution in [2.45, 2.75) is 38.8 Å². The molecule has 3 rings (SSSR count). The average molecular weight is 428 g/mol. The lowest BCUT2D eigenvalue weighted by Crippen LogP contribution is -2.47. The van der Waals surface area contributed by atoms with Gasteiger partial charge in [0.25, 0.3) is 0 Å². The number of carbonyl (C=O) groups is 3. The van der Waals surface area contributed by atoms with Gasteiger partial charge in [-0.15, -0.1) is 0 Å². The van der Waals surface area contributed by atoms with Crippen LogP contribution in [-0.2, 0) is 20.9 Å². The number of aliphatic hydroxyl groups is 1. The molecule has 168 valence electrons. The fourth-order valence-corrected chi connectivity index (χ4v) is 4.94. The van der Waals surface area contributed by atoms with E-state index in [0.29, 0.717) is 25.9 Å². The standard InChI is InChI=1S/C24H33N3O4/c1-3-17-11-12-18-20(19(17)22(29)25-2)24(31)27(13-7-8-14-28)21(18)23(30)26-15-16-9-5-4-6-10-16/h4-6,9-12,17-21,28H,3,7-8,13-15H2,1-2H3,(H,25,29)(H,26,30)/t17-,18+,19-,20+,21+/m1/s1. The molecule has 31 heavy (non-hydrogen) atoms. The van der Waals surface area contributed by atoms with E-state index in [1.54, 1.807) is 11.9 Å². The summed E-state index contributed by atoms with van der Waals surface area (Å²) in [6.45, 7) is 2.82. The number of likely N-dealkylation sites (tertiary alicyclic amines) is 1. The summed E-state index contributed by atoms with van der Waals surface area (Å²) in [7, 11) is 1.59. The molecule has 0 radical (unpaired) electrons. The summed E-state index contributed by atoms with van der Waals surface area (Å²) in [4.78, 5) is 41.1. The number of rotatable bonds is 9. The molecule has 1 aromatic carbocycles. The van der Waals surface area contributed by atoms with Crippen LogP contribution in [0.2, 0.25) is 0 Å². The maximum Gasteiger partial charge on any atom is 0.243 e. The van der Waals surface area contributed by atoms with E-state index in [1.807, 2.05) is 49.4 Å². The third-order valence-electron chi connectivity index (χ3n) is 6.52. The Kier molecular flexibility index (Phi) is 7.85. The fourth-order valence-electron chi connectivity index (χ4n) is 4.94. The van der Waals surface area contributed by atoms with Crippen LogP contribution in [0, 0.1) is 23.7 Å². The van der Waals surface area contributed by atoms with E-state index in [0.717, 1.165) is 12.0 Å². The van der Waals surface area contributed by atoms with E-state index in [1.165, 1.54) is 0 Å². The third-order valence-corrected chi connectivity index (χ3v) is 6.52. The quantitative estimate of drug-likeness (QED) is 0.411. The van der Waals surface area contributed by atoms with Gasteiger partial charge in [-0.25, -0.2) is 0 Å². The second-order valence-electron chi connectivity index (χ2n) is 8.31. The van der Waals surface area contributed by atoms with Crippen LogP contribution in [0.15, 0.2) is 42.5 Å². The summed E-state index contributed by atoms with van der Waals surface area (Å²) < 4.78 is 0. The summed E-state index contributed by atoms with van der Waals surface area (Å²) in [5.41, 5.74) is 0.983. The van der Waals surface area contributed by atoms with E-state index in [-0.39, 0.29) is 36.2 Å². The minimum atomic E-state index is -0.652. The zero-order valence-electron chi connectivity index (χ0n) is 18.3. The summed E-state index contributed by atoms with van der Waals surface area (Å²) in [5.74, 6) is -1.90. The molecule has 3 N–H and O–H groups in total. The number of benzene rings is 1. The van der Waals surface area contributed by atoms with E-state index >= 15 is 0 Å². The number of carbonyl (C=O) groups excluding carboxylic acids is 3. The summed E-state index contributed by atoms with van der Waals surface area (Å²) in [5, 5.41) is 14.9. The van der Waals surface area contributed by atoms with Gasteiger partial charge < -0.3 is 20.6 Å². The second-order valence-corrected chi connectivity index (χ2v) is 8.31. The maximum atomic E-state index is 13.5. The van der Waals surface area contributed by atoms with E-state index in [9.17, 15) is 14.4 Å². The van der Waals surface area contributed by atoms with Crippen molar-refractivity contribution >= 4 is 17.7 Å². The number of nitrogens with zero attached hydrogens (tertiary/aromatic N) is 1. The van der Waals surface area contributed by atoms with Gasteiger partial charge >= 0.3 is 0 Å². The van der Waals surface area contributed by atoms with E-state index in [2.05, 4.69) is 10.6 Å². The molecule has 1 saturated heterocycles. The highest BCUT2D eigenvalue weighted by molar-refractivity contribution is 5.96. The monoisotopic (exact) mass is 427 g/mol. The molecule has 2 aliphatic rings. The molecule has 1 aromatic rings. The Morgan fingerprint density at radius 3 is 2.48 bits per heavy atom. The average Bonchev–Trinajstić information content (AvgIpc) is 3.08. The number of fused-ring (bicyclic) bond motifs is 1. The predicted octanol–water partition coefficient (Wildman–Crippen LogP) is 1.48. The zero-order valence-corrected chi connectivity index (χ0v) is 18.3. The van der Waals surface area contributed by atoms with Gasteiger partial charge in [-0.05, 0) is 30.7 Å². The first kappa shape index (κ1) is 23.0. The van der Waals surface area contributed by atoms with Crippen molar-refractivity contribution in [1.82, 2.24) is 15.5 Å². The summed E-state index contributed by atoms with van der Waals surface area (Å²) in [6.07, 6.45) is 5.89. The molecule has 0 bridgehead atoms. The second kappa shape index (κ2) is 10.6. The van der Waals surface area contributed by atoms with Crippen molar-refractivity contribution in [3.63, 3.8) is 0 Å². The Balaban J connectivity index is 1.87. The minimum Gasteiger partial charge on any atom is -0.396 e. The van der Waals surface area contributed by atoms with Gasteiger partial charge in [0.2, 0.25) is 17.7 Å². The molecule has 7 heteroatoms. The van der Waals surface area contributed by atoms with Gasteiger partial charge in [-0.2, -0.15) is 0 Å². The number of amides is 3. The molecular formula is C24H33N3O4. The Labute approximate surface area is 183 Å². The first-order valence-corrected chi connectivity index (χ1v) is 11.2. The molecular weight excluding hydrogens is 394 g/mol. The Morgan fingerprint density at radius 1 is 1.10 bits per heavy atom. The fraction of sp³-hybridized carbons (Fsp3) is 0.542. The molecule has 0 saturated carbocycles. The Morgan fingerprint density at radius 2 is 1.84 bits per heavy atom. The van der Waals surface area contributed by atoms with E-state index < -0.39 is 17.9 Å². The molecule has 1 aliphatic heterocycles. The molecule has 1 heterocycles. The van der Waals surface area contributed by atoms with Crippen molar-refractivity contribution in [3.8, 4) is 0 Å². The lowest BCUT2D eigenvalue weighted by Gasteiger charge is -2.33. The summed E-state index contributed by atoms with van der Waals surface area (Å²) >= 11 is 0. The van der Waals surface area contributed by atoms with Gasteiger partial charge in [-0.3, -0.25) is 14.4 Å². The van der Waals surface area contributed by atoms with Crippen molar-refractivity contribution in [3.05, 3.63) is 48.0 Å². The number of hydrogen-bond donors (Lipinski definition) is 3. The molecule has 3 amide bonds. The minimum absolute atomic E-state index is 0.0319. The zero-order chi connectivity index (χ0) is 22.4. The first-order chi connectivity index (χ1) is 15.0. The molecule has 1 aliphatic carbocycles. The maximum absolute atomic E-state index is 13.5. The number of unbranched alkanes of at least 4 members (excludes halogenated alkanes) is 1. The smallest absolute Gasteiger partial charge is 0.243 e. The van der Waals surface area contributed by atoms with Crippen LogP contribution < -0.4 is 10.6 Å². The number of aliphatic hydroxyl groups excluding tert-OH is 1. The predicted molar refractivity (Wildman–Crippen MR) is 118 cm³/mol. The van der Waals surface area contributed by atoms with Crippen molar-refractivity contribution < 1.29 is 19.5 Å². The first-order valence-electron chi connectivity index (χ1n) is 11.2. The SMILES string of the molecule is CC[C@@H]1C=C[C@H]2[C@H](C(=O)N(CCCCO)[C@@H]2C(=O)NCc2ccccc2)[C@@H]1C(=O)NC. The number of nitrogens with one attached hydrogen (secondary N) is 2. The van der Waals surface area contributed by atoms with Gasteiger partial charge in [0.1, 0.15) is 6.04 Å². The van der Waals surface area contributed by atoms with Crippen LogP contribution in [0.1, 0.15) is 31.7 Å². The van der Waals surface area contributed by atoms with Crippen molar-refractivity contribution in [2.24, 2.45) is 23.7 Å². The van der Waals surface area contributed by atoms with Crippen molar-refractivity contribution in [1.29, 1.82) is 0 Å². The Bertz CT molecular complexity index is 810. The van der Waals surface area contributed by atoms with E-state index in [4.69, 9.17) is 5.11 Å². The van der Waals surface area contributed by atoms with Crippen LogP contribution in [0.5, 0.6) is 0 Å². The molecule has 0 aromatic heterocycles. The molecule has 1 fully saturated rings. The largest absolute Gasteiger partial charge is 0.396 e. The highest BCUT2D eigenvalue weighted by Gasteiger charge is 2.56. The molecule has 7 nitrogen and oxygen atoms in total. The molecule has 0 spiro atoms. The van der Waals surface area contributed by atoms with Crippen molar-refractivity contribution in [2.75, 3.05) is 20.2 Å². The van der Waals surface area contributed by atoms with Gasteiger partial charge in [0.15, 0.2) is 0 Å². The Hall–Kier alpha value is -2.67. The van der Waals surface area contributed by atoms with Gasteiger partial charge in [0.05, 0.1) is 11.8 Å². The molecule has 0 unspecified atom stereocenters. The highest BCUT2D eigenvalue weighted by Crippen LogP contribution is 2.44. The van der Waals surface area contributed by atoms with Crippen LogP contribution in [0.25, 0.3) is 0 Å². The normalized spacial score (nSPS) is 27.1. The van der Waals surface area contributed by atoms with Crippen LogP contribution in [-0.4, -0.2) is 54.0 Å². The van der Waals surface area contributed by atoms with Crippen LogP contribution >= 0.6 is 0 Å². The highest BCUT2D eigenvalue weighted by atomic mass is 16.3. The number of hydrogen-bond acceptors (Lipinski definition) is 4. The van der Waals surface area contributed by atoms with Gasteiger partial charge in [0, 0.05) is 32.7 Å². The van der Waals surface area contributed by atoms with Crippen LogP contribution in [0.3, 0.4) is 0 Å². The number of allylic oxidation sites excluding steroid dienone is 1. The lowest BCUT2D eigenvalue weighted by atomic mass is 9.69. The lowest BCUT2D eigenvalue weighted by molar-refractivity contribution is -0.140. The third kappa shape index (κ3) is 4.82.